The average Bonchev–Trinajstić information content (AvgIpc) is 3.03. The number of benzene rings is 1. The largest absolute Gasteiger partial charge is 0.351 e. The summed E-state index contributed by atoms with van der Waals surface area (Å²) in [5.41, 5.74) is 0.565. The summed E-state index contributed by atoms with van der Waals surface area (Å²) in [4.78, 5) is 25.6. The molecular weight excluding hydrogens is 294 g/mol. The van der Waals surface area contributed by atoms with Gasteiger partial charge >= 0.3 is 5.91 Å². The smallest absolute Gasteiger partial charge is 0.311 e. The Morgan fingerprint density at radius 1 is 1.04 bits per heavy atom. The monoisotopic (exact) mass is 311 g/mol. The SMILES string of the molecule is O=C(c1ccno1)N1CCCN1C(=O)C1(c2ccccc2)CC1. The van der Waals surface area contributed by atoms with Crippen LogP contribution in [0.15, 0.2) is 47.1 Å². The number of nitrogens with zero attached hydrogens (tertiary/aromatic N) is 3. The summed E-state index contributed by atoms with van der Waals surface area (Å²) < 4.78 is 4.94. The summed E-state index contributed by atoms with van der Waals surface area (Å²) >= 11 is 0. The maximum atomic E-state index is 13.1. The van der Waals surface area contributed by atoms with Crippen LogP contribution in [-0.2, 0) is 10.2 Å². The van der Waals surface area contributed by atoms with Gasteiger partial charge in [0.15, 0.2) is 0 Å². The molecule has 0 bridgehead atoms. The van der Waals surface area contributed by atoms with Crippen molar-refractivity contribution in [3.05, 3.63) is 53.9 Å². The van der Waals surface area contributed by atoms with E-state index in [1.165, 1.54) is 17.3 Å². The topological polar surface area (TPSA) is 66.7 Å². The van der Waals surface area contributed by atoms with Crippen molar-refractivity contribution < 1.29 is 14.1 Å². The molecule has 2 aromatic rings. The highest BCUT2D eigenvalue weighted by Crippen LogP contribution is 2.50. The van der Waals surface area contributed by atoms with E-state index in [9.17, 15) is 9.59 Å². The van der Waals surface area contributed by atoms with Crippen LogP contribution in [0.5, 0.6) is 0 Å². The maximum Gasteiger partial charge on any atom is 0.311 e. The Morgan fingerprint density at radius 3 is 2.43 bits per heavy atom. The summed E-state index contributed by atoms with van der Waals surface area (Å²) in [5, 5.41) is 6.65. The second-order valence-electron chi connectivity index (χ2n) is 6.03. The van der Waals surface area contributed by atoms with Gasteiger partial charge in [-0.3, -0.25) is 14.6 Å². The number of hydrogen-bond donors (Lipinski definition) is 0. The van der Waals surface area contributed by atoms with Crippen LogP contribution in [0.25, 0.3) is 0 Å². The van der Waals surface area contributed by atoms with Gasteiger partial charge in [-0.2, -0.15) is 0 Å². The Kier molecular flexibility index (Phi) is 3.18. The van der Waals surface area contributed by atoms with Crippen molar-refractivity contribution >= 4 is 11.8 Å². The molecule has 23 heavy (non-hydrogen) atoms. The third-order valence-electron chi connectivity index (χ3n) is 4.63. The highest BCUT2D eigenvalue weighted by molar-refractivity contribution is 5.96. The van der Waals surface area contributed by atoms with Crippen LogP contribution in [0.1, 0.15) is 35.4 Å². The first-order chi connectivity index (χ1) is 11.2. The van der Waals surface area contributed by atoms with E-state index in [-0.39, 0.29) is 17.6 Å². The first kappa shape index (κ1) is 14.0. The van der Waals surface area contributed by atoms with Gasteiger partial charge in [0.05, 0.1) is 11.6 Å². The van der Waals surface area contributed by atoms with Gasteiger partial charge < -0.3 is 4.52 Å². The zero-order valence-corrected chi connectivity index (χ0v) is 12.6. The summed E-state index contributed by atoms with van der Waals surface area (Å²) in [6, 6.07) is 11.3. The van der Waals surface area contributed by atoms with Gasteiger partial charge in [-0.05, 0) is 24.8 Å². The molecule has 1 aromatic heterocycles. The highest BCUT2D eigenvalue weighted by Gasteiger charge is 2.55. The van der Waals surface area contributed by atoms with E-state index in [1.54, 1.807) is 5.01 Å². The first-order valence-corrected chi connectivity index (χ1v) is 7.82. The summed E-state index contributed by atoms with van der Waals surface area (Å²) in [6.07, 6.45) is 3.87. The summed E-state index contributed by atoms with van der Waals surface area (Å²) in [6.45, 7) is 1.09. The third-order valence-corrected chi connectivity index (χ3v) is 4.63. The number of aromatic nitrogens is 1. The predicted molar refractivity (Wildman–Crippen MR) is 81.2 cm³/mol. The Labute approximate surface area is 133 Å². The molecule has 1 aliphatic heterocycles. The van der Waals surface area contributed by atoms with E-state index < -0.39 is 5.41 Å². The van der Waals surface area contributed by atoms with Gasteiger partial charge in [0.2, 0.25) is 5.76 Å². The molecule has 0 N–H and O–H groups in total. The van der Waals surface area contributed by atoms with Crippen LogP contribution in [0.3, 0.4) is 0 Å². The maximum absolute atomic E-state index is 13.1. The third kappa shape index (κ3) is 2.21. The number of carbonyl (C=O) groups excluding carboxylic acids is 2. The van der Waals surface area contributed by atoms with E-state index >= 15 is 0 Å². The lowest BCUT2D eigenvalue weighted by molar-refractivity contribution is -0.143. The first-order valence-electron chi connectivity index (χ1n) is 7.82. The van der Waals surface area contributed by atoms with Crippen molar-refractivity contribution in [1.29, 1.82) is 0 Å². The van der Waals surface area contributed by atoms with Crippen molar-refractivity contribution in [3.8, 4) is 0 Å². The minimum Gasteiger partial charge on any atom is -0.351 e. The number of amides is 2. The number of rotatable bonds is 3. The van der Waals surface area contributed by atoms with Crippen LogP contribution in [0.2, 0.25) is 0 Å². The minimum absolute atomic E-state index is 0.00839. The Bertz CT molecular complexity index is 723. The normalized spacial score (nSPS) is 19.0. The van der Waals surface area contributed by atoms with Crippen molar-refractivity contribution in [3.63, 3.8) is 0 Å². The van der Waals surface area contributed by atoms with Gasteiger partial charge in [-0.1, -0.05) is 35.5 Å². The fourth-order valence-corrected chi connectivity index (χ4v) is 3.24. The van der Waals surface area contributed by atoms with E-state index in [4.69, 9.17) is 4.52 Å². The molecule has 1 saturated heterocycles. The second-order valence-corrected chi connectivity index (χ2v) is 6.03. The zero-order valence-electron chi connectivity index (χ0n) is 12.6. The van der Waals surface area contributed by atoms with Crippen LogP contribution < -0.4 is 0 Å². The molecule has 6 nitrogen and oxygen atoms in total. The molecule has 0 unspecified atom stereocenters. The molecule has 0 spiro atoms. The molecule has 2 heterocycles. The average molecular weight is 311 g/mol. The van der Waals surface area contributed by atoms with Crippen LogP contribution in [0.4, 0.5) is 0 Å². The molecule has 4 rings (SSSR count). The second kappa shape index (κ2) is 5.22. The van der Waals surface area contributed by atoms with E-state index in [2.05, 4.69) is 5.16 Å². The highest BCUT2D eigenvalue weighted by atomic mass is 16.5. The standard InChI is InChI=1S/C17H17N3O3/c21-15(14-7-10-18-23-14)19-11-4-12-20(19)16(22)17(8-9-17)13-5-2-1-3-6-13/h1-3,5-7,10H,4,8-9,11-12H2. The van der Waals surface area contributed by atoms with E-state index in [1.807, 2.05) is 30.3 Å². The quantitative estimate of drug-likeness (QED) is 0.869. The fraction of sp³-hybridized carbons (Fsp3) is 0.353. The Hall–Kier alpha value is -2.63. The summed E-state index contributed by atoms with van der Waals surface area (Å²) in [5.74, 6) is -0.138. The molecule has 6 heteroatoms. The molecule has 2 amide bonds. The molecule has 118 valence electrons. The Morgan fingerprint density at radius 2 is 1.78 bits per heavy atom. The molecule has 0 atom stereocenters. The Balaban J connectivity index is 1.60. The molecule has 2 aliphatic rings. The van der Waals surface area contributed by atoms with Gasteiger partial charge in [0.25, 0.3) is 5.91 Å². The molecule has 2 fully saturated rings. The van der Waals surface area contributed by atoms with Crippen molar-refractivity contribution in [2.45, 2.75) is 24.7 Å². The van der Waals surface area contributed by atoms with Gasteiger partial charge in [0, 0.05) is 19.2 Å². The lowest BCUT2D eigenvalue weighted by atomic mass is 9.95. The van der Waals surface area contributed by atoms with Crippen LogP contribution in [0, 0.1) is 0 Å². The van der Waals surface area contributed by atoms with Gasteiger partial charge in [-0.15, -0.1) is 0 Å². The minimum atomic E-state index is -0.467. The lowest BCUT2D eigenvalue weighted by Crippen LogP contribution is -2.48. The fourth-order valence-electron chi connectivity index (χ4n) is 3.24. The molecule has 1 saturated carbocycles. The van der Waals surface area contributed by atoms with E-state index in [0.717, 1.165) is 24.8 Å². The molecule has 1 aromatic carbocycles. The summed E-state index contributed by atoms with van der Waals surface area (Å²) in [7, 11) is 0. The van der Waals surface area contributed by atoms with Crippen LogP contribution >= 0.6 is 0 Å². The van der Waals surface area contributed by atoms with E-state index in [0.29, 0.717) is 13.1 Å². The number of carbonyl (C=O) groups is 2. The predicted octanol–water partition coefficient (Wildman–Crippen LogP) is 2.00. The van der Waals surface area contributed by atoms with Crippen LogP contribution in [-0.4, -0.2) is 40.1 Å². The molecule has 1 aliphatic carbocycles. The van der Waals surface area contributed by atoms with Crippen molar-refractivity contribution in [2.24, 2.45) is 0 Å². The molecule has 0 radical (unpaired) electrons. The van der Waals surface area contributed by atoms with Crippen molar-refractivity contribution in [2.75, 3.05) is 13.1 Å². The van der Waals surface area contributed by atoms with Crippen molar-refractivity contribution in [1.82, 2.24) is 15.2 Å². The zero-order chi connectivity index (χ0) is 15.9. The number of hydrazine groups is 1. The van der Waals surface area contributed by atoms with Gasteiger partial charge in [-0.25, -0.2) is 5.01 Å². The lowest BCUT2D eigenvalue weighted by Gasteiger charge is -2.30. The van der Waals surface area contributed by atoms with Gasteiger partial charge in [0.1, 0.15) is 0 Å². The number of hydrogen-bond acceptors (Lipinski definition) is 4. The molecular formula is C17H17N3O3.